The molecule has 0 aliphatic rings. The molecule has 7 nitrogen and oxygen atoms in total. The summed E-state index contributed by atoms with van der Waals surface area (Å²) in [6.07, 6.45) is 0. The van der Waals surface area contributed by atoms with E-state index in [1.54, 1.807) is 0 Å². The van der Waals surface area contributed by atoms with Gasteiger partial charge < -0.3 is 8.98 Å². The van der Waals surface area contributed by atoms with Crippen molar-refractivity contribution in [2.75, 3.05) is 0 Å². The highest BCUT2D eigenvalue weighted by Gasteiger charge is 2.24. The van der Waals surface area contributed by atoms with Gasteiger partial charge in [0.15, 0.2) is 28.9 Å². The van der Waals surface area contributed by atoms with Crippen molar-refractivity contribution in [2.45, 2.75) is 0 Å². The molecule has 0 atom stereocenters. The van der Waals surface area contributed by atoms with Crippen LogP contribution in [-0.2, 0) is 0 Å². The third kappa shape index (κ3) is 6.02. The summed E-state index contributed by atoms with van der Waals surface area (Å²) in [6, 6.07) is 70.5. The first kappa shape index (κ1) is 35.4. The Morgan fingerprint density at radius 1 is 0.339 bits per heavy atom. The van der Waals surface area contributed by atoms with Crippen LogP contribution in [0.4, 0.5) is 0 Å². The minimum absolute atomic E-state index is 0.539. The average Bonchev–Trinajstić information content (AvgIpc) is 3.90. The number of furan rings is 1. The van der Waals surface area contributed by atoms with E-state index in [0.717, 1.165) is 82.9 Å². The maximum absolute atomic E-state index is 6.78. The van der Waals surface area contributed by atoms with Gasteiger partial charge in [-0.2, -0.15) is 0 Å². The van der Waals surface area contributed by atoms with E-state index in [1.165, 1.54) is 0 Å². The monoisotopic (exact) mass is 794 g/mol. The third-order valence-electron chi connectivity index (χ3n) is 11.5. The Balaban J connectivity index is 1.19. The molecule has 0 amide bonds. The summed E-state index contributed by atoms with van der Waals surface area (Å²) >= 11 is 0. The molecule has 0 saturated carbocycles. The van der Waals surface area contributed by atoms with E-state index in [0.29, 0.717) is 34.6 Å². The van der Waals surface area contributed by atoms with Gasteiger partial charge in [0.05, 0.1) is 16.7 Å². The van der Waals surface area contributed by atoms with Crippen LogP contribution in [0.3, 0.4) is 0 Å². The first-order chi connectivity index (χ1) is 30.7. The van der Waals surface area contributed by atoms with Crippen molar-refractivity contribution in [3.05, 3.63) is 206 Å². The first-order valence-electron chi connectivity index (χ1n) is 20.6. The summed E-state index contributed by atoms with van der Waals surface area (Å²) in [7, 11) is 0. The number of benzene rings is 8. The fraction of sp³-hybridized carbons (Fsp3) is 0. The largest absolute Gasteiger partial charge is 0.452 e. The molecule has 0 saturated heterocycles. The van der Waals surface area contributed by atoms with Crippen LogP contribution in [0.15, 0.2) is 211 Å². The predicted octanol–water partition coefficient (Wildman–Crippen LogP) is 13.7. The predicted molar refractivity (Wildman–Crippen MR) is 250 cm³/mol. The summed E-state index contributed by atoms with van der Waals surface area (Å²) in [5, 5.41) is 3.22. The molecule has 0 aliphatic heterocycles. The topological polar surface area (TPSA) is 82.5 Å². The quantitative estimate of drug-likeness (QED) is 0.160. The van der Waals surface area contributed by atoms with Crippen LogP contribution < -0.4 is 0 Å². The molecule has 0 N–H and O–H groups in total. The van der Waals surface area contributed by atoms with Crippen LogP contribution in [0.5, 0.6) is 0 Å². The summed E-state index contributed by atoms with van der Waals surface area (Å²) in [6.45, 7) is 0. The summed E-state index contributed by atoms with van der Waals surface area (Å²) in [4.78, 5) is 25.9. The normalized spacial score (nSPS) is 11.5. The van der Waals surface area contributed by atoms with E-state index in [-0.39, 0.29) is 0 Å². The highest BCUT2D eigenvalue weighted by molar-refractivity contribution is 6.12. The van der Waals surface area contributed by atoms with Crippen LogP contribution in [0.25, 0.3) is 117 Å². The lowest BCUT2D eigenvalue weighted by Crippen LogP contribution is -2.03. The van der Waals surface area contributed by atoms with Crippen LogP contribution in [0, 0.1) is 0 Å². The highest BCUT2D eigenvalue weighted by Crippen LogP contribution is 2.43. The summed E-state index contributed by atoms with van der Waals surface area (Å²) in [5.41, 5.74) is 12.4. The number of nitrogens with zero attached hydrogens (tertiary/aromatic N) is 6. The van der Waals surface area contributed by atoms with Crippen molar-refractivity contribution in [3.63, 3.8) is 0 Å². The molecule has 7 heteroatoms. The zero-order valence-electron chi connectivity index (χ0n) is 33.2. The van der Waals surface area contributed by atoms with Crippen LogP contribution in [0.1, 0.15) is 0 Å². The van der Waals surface area contributed by atoms with Gasteiger partial charge in [0.2, 0.25) is 0 Å². The highest BCUT2D eigenvalue weighted by atomic mass is 16.3. The fourth-order valence-corrected chi connectivity index (χ4v) is 8.53. The van der Waals surface area contributed by atoms with Crippen molar-refractivity contribution in [1.29, 1.82) is 0 Å². The van der Waals surface area contributed by atoms with Crippen molar-refractivity contribution in [3.8, 4) is 73.6 Å². The first-order valence-corrected chi connectivity index (χ1v) is 20.6. The van der Waals surface area contributed by atoms with Gasteiger partial charge in [-0.25, -0.2) is 24.9 Å². The Bertz CT molecular complexity index is 3560. The number of rotatable bonds is 7. The Labute approximate surface area is 356 Å². The van der Waals surface area contributed by atoms with Gasteiger partial charge in [0.1, 0.15) is 16.8 Å². The van der Waals surface area contributed by atoms with E-state index in [1.807, 2.05) is 109 Å². The Kier molecular flexibility index (Phi) is 8.35. The van der Waals surface area contributed by atoms with E-state index in [9.17, 15) is 0 Å². The molecule has 290 valence electrons. The van der Waals surface area contributed by atoms with E-state index in [4.69, 9.17) is 29.3 Å². The molecule has 0 aliphatic carbocycles. The molecule has 4 aromatic heterocycles. The Hall–Kier alpha value is -8.55. The lowest BCUT2D eigenvalue weighted by molar-refractivity contribution is 0.667. The van der Waals surface area contributed by atoms with Gasteiger partial charge in [-0.15, -0.1) is 0 Å². The number of aromatic nitrogens is 6. The second kappa shape index (κ2) is 14.6. The second-order valence-corrected chi connectivity index (χ2v) is 15.3. The van der Waals surface area contributed by atoms with Crippen LogP contribution >= 0.6 is 0 Å². The molecule has 8 aromatic carbocycles. The van der Waals surface area contributed by atoms with Gasteiger partial charge in [0, 0.05) is 44.0 Å². The average molecular weight is 795 g/mol. The third-order valence-corrected chi connectivity index (χ3v) is 11.5. The van der Waals surface area contributed by atoms with Crippen molar-refractivity contribution in [1.82, 2.24) is 29.5 Å². The maximum atomic E-state index is 6.78. The molecule has 0 fully saturated rings. The molecule has 0 bridgehead atoms. The van der Waals surface area contributed by atoms with Crippen molar-refractivity contribution in [2.24, 2.45) is 0 Å². The van der Waals surface area contributed by atoms with Crippen LogP contribution in [0.2, 0.25) is 0 Å². The number of para-hydroxylation sites is 2. The zero-order valence-corrected chi connectivity index (χ0v) is 33.2. The SMILES string of the molecule is c1ccc(-c2ccc3c4ccccc4n(-c4ccc(-c5nc(-c6ccccc6)nc(-c6ccccc6)n5)cc4-c4nc(-c5ccccc5)nc5c4oc4ccccc45)c3c2)cc1. The smallest absolute Gasteiger partial charge is 0.180 e. The molecular weight excluding hydrogens is 761 g/mol. The van der Waals surface area contributed by atoms with Gasteiger partial charge in [-0.1, -0.05) is 164 Å². The zero-order chi connectivity index (χ0) is 41.0. The molecule has 4 heterocycles. The lowest BCUT2D eigenvalue weighted by Gasteiger charge is -2.17. The van der Waals surface area contributed by atoms with Gasteiger partial charge in [-0.05, 0) is 53.6 Å². The number of fused-ring (bicyclic) bond motifs is 6. The van der Waals surface area contributed by atoms with Crippen molar-refractivity contribution >= 4 is 43.9 Å². The Morgan fingerprint density at radius 3 is 1.48 bits per heavy atom. The molecule has 12 aromatic rings. The Morgan fingerprint density at radius 2 is 0.839 bits per heavy atom. The molecule has 0 radical (unpaired) electrons. The van der Waals surface area contributed by atoms with E-state index < -0.39 is 0 Å². The minimum atomic E-state index is 0.539. The lowest BCUT2D eigenvalue weighted by atomic mass is 10.0. The molecule has 0 unspecified atom stereocenters. The van der Waals surface area contributed by atoms with Crippen molar-refractivity contribution < 1.29 is 4.42 Å². The molecule has 12 rings (SSSR count). The summed E-state index contributed by atoms with van der Waals surface area (Å²) in [5.74, 6) is 2.31. The molecule has 62 heavy (non-hydrogen) atoms. The fourth-order valence-electron chi connectivity index (χ4n) is 8.53. The van der Waals surface area contributed by atoms with Crippen LogP contribution in [-0.4, -0.2) is 29.5 Å². The number of hydrogen-bond acceptors (Lipinski definition) is 6. The molecule has 0 spiro atoms. The summed E-state index contributed by atoms with van der Waals surface area (Å²) < 4.78 is 9.13. The van der Waals surface area contributed by atoms with Gasteiger partial charge in [0.25, 0.3) is 0 Å². The maximum Gasteiger partial charge on any atom is 0.180 e. The number of hydrogen-bond donors (Lipinski definition) is 0. The van der Waals surface area contributed by atoms with E-state index >= 15 is 0 Å². The van der Waals surface area contributed by atoms with Gasteiger partial charge in [-0.3, -0.25) is 0 Å². The molecular formula is C55H34N6O. The van der Waals surface area contributed by atoms with Gasteiger partial charge >= 0.3 is 0 Å². The minimum Gasteiger partial charge on any atom is -0.452 e. The second-order valence-electron chi connectivity index (χ2n) is 15.3. The van der Waals surface area contributed by atoms with E-state index in [2.05, 4.69) is 102 Å². The standard InChI is InChI=1S/C55H34N6O/c1-5-17-35(18-6-1)39-29-31-42-41-25-13-15-27-45(41)61(47(42)34-39)46-32-30-40(55-59-53(37-21-9-3-10-22-37)58-54(60-55)38-23-11-4-12-24-38)33-44(46)50-51-49(43-26-14-16-28-48(43)62-51)56-52(57-50)36-19-7-2-8-20-36/h1-34H.